The van der Waals surface area contributed by atoms with Crippen LogP contribution in [0.2, 0.25) is 0 Å². The molecule has 0 aromatic carbocycles. The van der Waals surface area contributed by atoms with Crippen molar-refractivity contribution in [3.05, 3.63) is 0 Å². The minimum absolute atomic E-state index is 0.221. The van der Waals surface area contributed by atoms with Gasteiger partial charge in [-0.15, -0.1) is 0 Å². The van der Waals surface area contributed by atoms with Crippen LogP contribution in [-0.4, -0.2) is 21.5 Å². The average molecular weight is 177 g/mol. The molecule has 0 bridgehead atoms. The zero-order valence-electron chi connectivity index (χ0n) is 7.23. The molecule has 0 unspecified atom stereocenters. The molecule has 0 atom stereocenters. The highest BCUT2D eigenvalue weighted by Gasteiger charge is 2.51. The second-order valence-corrected chi connectivity index (χ2v) is 4.23. The number of halogens is 1. The summed E-state index contributed by atoms with van der Waals surface area (Å²) >= 11 is 5.76. The summed E-state index contributed by atoms with van der Waals surface area (Å²) < 4.78 is 1.22. The summed E-state index contributed by atoms with van der Waals surface area (Å²) in [6.07, 6.45) is 0. The minimum Gasteiger partial charge on any atom is -0.330 e. The number of nitrogens with zero attached hydrogens (tertiary/aromatic N) is 1. The highest BCUT2D eigenvalue weighted by Crippen LogP contribution is 2.34. The molecule has 64 valence electrons. The number of carbonyl (C=O) groups is 1. The smallest absolute Gasteiger partial charge is 0.330 e. The summed E-state index contributed by atoms with van der Waals surface area (Å²) in [4.78, 5) is 11.1. The summed E-state index contributed by atoms with van der Waals surface area (Å²) in [5.41, 5.74) is -0.614. The van der Waals surface area contributed by atoms with Gasteiger partial charge in [0.15, 0.2) is 0 Å². The first-order valence-electron chi connectivity index (χ1n) is 3.57. The molecule has 0 aliphatic carbocycles. The molecule has 3 nitrogen and oxygen atoms in total. The topological polar surface area (TPSA) is 32.3 Å². The van der Waals surface area contributed by atoms with Crippen LogP contribution >= 0.6 is 11.8 Å². The first kappa shape index (κ1) is 8.65. The molecule has 1 heterocycles. The lowest BCUT2D eigenvalue weighted by atomic mass is 9.85. The molecule has 0 saturated carbocycles. The van der Waals surface area contributed by atoms with E-state index in [1.807, 2.05) is 27.7 Å². The van der Waals surface area contributed by atoms with Gasteiger partial charge in [-0.25, -0.2) is 9.21 Å². The fourth-order valence-electron chi connectivity index (χ4n) is 0.969. The number of nitrogens with one attached hydrogen (secondary N) is 1. The number of hydrogen-bond donors (Lipinski definition) is 1. The number of carbonyl (C=O) groups excluding carboxylic acids is 1. The van der Waals surface area contributed by atoms with E-state index in [-0.39, 0.29) is 17.1 Å². The molecule has 0 aromatic heterocycles. The fraction of sp³-hybridized carbons (Fsp3) is 0.857. The summed E-state index contributed by atoms with van der Waals surface area (Å²) in [7, 11) is 0. The summed E-state index contributed by atoms with van der Waals surface area (Å²) in [6.45, 7) is 7.76. The first-order chi connectivity index (χ1) is 4.79. The lowest BCUT2D eigenvalue weighted by Crippen LogP contribution is -2.50. The van der Waals surface area contributed by atoms with Crippen molar-refractivity contribution in [3.8, 4) is 0 Å². The van der Waals surface area contributed by atoms with Crippen molar-refractivity contribution in [2.45, 2.75) is 38.8 Å². The van der Waals surface area contributed by atoms with E-state index >= 15 is 0 Å². The van der Waals surface area contributed by atoms with Gasteiger partial charge in [-0.05, 0) is 27.7 Å². The van der Waals surface area contributed by atoms with Crippen molar-refractivity contribution in [1.82, 2.24) is 9.74 Å². The lowest BCUT2D eigenvalue weighted by molar-refractivity contribution is 0.208. The maximum Gasteiger partial charge on any atom is 0.333 e. The Balaban J connectivity index is 3.01. The highest BCUT2D eigenvalue weighted by molar-refractivity contribution is 6.22. The van der Waals surface area contributed by atoms with Gasteiger partial charge in [0, 0.05) is 11.8 Å². The van der Waals surface area contributed by atoms with Gasteiger partial charge in [-0.1, -0.05) is 0 Å². The van der Waals surface area contributed by atoms with Crippen molar-refractivity contribution >= 4 is 17.8 Å². The van der Waals surface area contributed by atoms with Gasteiger partial charge < -0.3 is 5.32 Å². The monoisotopic (exact) mass is 176 g/mol. The molecule has 2 amide bonds. The molecule has 1 N–H and O–H groups in total. The SMILES string of the molecule is CC1(C)NC(=O)N(Cl)C1(C)C. The van der Waals surface area contributed by atoms with E-state index in [9.17, 15) is 4.79 Å². The maximum atomic E-state index is 11.1. The van der Waals surface area contributed by atoms with Gasteiger partial charge in [-0.3, -0.25) is 0 Å². The normalized spacial score (nSPS) is 27.0. The van der Waals surface area contributed by atoms with Crippen LogP contribution in [0.1, 0.15) is 27.7 Å². The van der Waals surface area contributed by atoms with E-state index in [1.165, 1.54) is 4.42 Å². The van der Waals surface area contributed by atoms with Gasteiger partial charge in [0.25, 0.3) is 0 Å². The predicted octanol–water partition coefficient (Wildman–Crippen LogP) is 1.72. The summed E-state index contributed by atoms with van der Waals surface area (Å²) in [5, 5.41) is 2.79. The summed E-state index contributed by atoms with van der Waals surface area (Å²) in [6, 6.07) is -0.221. The molecule has 4 heteroatoms. The van der Waals surface area contributed by atoms with Crippen molar-refractivity contribution in [1.29, 1.82) is 0 Å². The van der Waals surface area contributed by atoms with Crippen LogP contribution in [0.5, 0.6) is 0 Å². The second kappa shape index (κ2) is 2.03. The van der Waals surface area contributed by atoms with E-state index in [0.717, 1.165) is 0 Å². The summed E-state index contributed by atoms with van der Waals surface area (Å²) in [5.74, 6) is 0. The molecular formula is C7H13ClN2O. The minimum atomic E-state index is -0.342. The Morgan fingerprint density at radius 1 is 1.36 bits per heavy atom. The van der Waals surface area contributed by atoms with Crippen LogP contribution in [0.4, 0.5) is 4.79 Å². The Morgan fingerprint density at radius 3 is 1.91 bits per heavy atom. The van der Waals surface area contributed by atoms with Crippen LogP contribution < -0.4 is 5.32 Å². The number of rotatable bonds is 0. The highest BCUT2D eigenvalue weighted by atomic mass is 35.5. The van der Waals surface area contributed by atoms with Crippen molar-refractivity contribution in [2.75, 3.05) is 0 Å². The Labute approximate surface area is 71.8 Å². The van der Waals surface area contributed by atoms with Gasteiger partial charge in [0.1, 0.15) is 0 Å². The largest absolute Gasteiger partial charge is 0.333 e. The molecule has 1 rings (SSSR count). The molecular weight excluding hydrogens is 164 g/mol. The van der Waals surface area contributed by atoms with Gasteiger partial charge in [0.2, 0.25) is 0 Å². The van der Waals surface area contributed by atoms with Crippen molar-refractivity contribution in [3.63, 3.8) is 0 Å². The molecule has 0 spiro atoms. The van der Waals surface area contributed by atoms with Crippen molar-refractivity contribution in [2.24, 2.45) is 0 Å². The third-order valence-corrected chi connectivity index (χ3v) is 3.19. The Morgan fingerprint density at radius 2 is 1.82 bits per heavy atom. The van der Waals surface area contributed by atoms with Crippen LogP contribution in [0.3, 0.4) is 0 Å². The molecule has 11 heavy (non-hydrogen) atoms. The Hall–Kier alpha value is -0.440. The number of hydrogen-bond acceptors (Lipinski definition) is 1. The zero-order chi connectivity index (χ0) is 8.86. The molecule has 1 aliphatic heterocycles. The Bertz CT molecular complexity index is 201. The third kappa shape index (κ3) is 0.984. The van der Waals surface area contributed by atoms with Crippen molar-refractivity contribution < 1.29 is 4.79 Å². The van der Waals surface area contributed by atoms with E-state index < -0.39 is 0 Å². The molecule has 1 aliphatic rings. The molecule has 1 saturated heterocycles. The number of urea groups is 1. The van der Waals surface area contributed by atoms with E-state index in [4.69, 9.17) is 11.8 Å². The average Bonchev–Trinajstić information content (AvgIpc) is 1.93. The maximum absolute atomic E-state index is 11.1. The molecule has 0 aromatic rings. The van der Waals surface area contributed by atoms with Gasteiger partial charge in [-0.2, -0.15) is 0 Å². The second-order valence-electron chi connectivity index (χ2n) is 3.90. The third-order valence-electron chi connectivity index (χ3n) is 2.62. The number of amides is 2. The van der Waals surface area contributed by atoms with E-state index in [1.54, 1.807) is 0 Å². The zero-order valence-corrected chi connectivity index (χ0v) is 7.99. The molecule has 0 radical (unpaired) electrons. The van der Waals surface area contributed by atoms with E-state index in [2.05, 4.69) is 5.32 Å². The first-order valence-corrected chi connectivity index (χ1v) is 3.91. The van der Waals surface area contributed by atoms with Crippen LogP contribution in [0.15, 0.2) is 0 Å². The fourth-order valence-corrected chi connectivity index (χ4v) is 1.22. The molecule has 1 fully saturated rings. The predicted molar refractivity (Wildman–Crippen MR) is 44.4 cm³/mol. The van der Waals surface area contributed by atoms with Gasteiger partial charge >= 0.3 is 6.03 Å². The lowest BCUT2D eigenvalue weighted by Gasteiger charge is -2.35. The van der Waals surface area contributed by atoms with E-state index in [0.29, 0.717) is 0 Å². The van der Waals surface area contributed by atoms with Crippen LogP contribution in [0.25, 0.3) is 0 Å². The Kier molecular flexibility index (Phi) is 1.60. The van der Waals surface area contributed by atoms with Crippen LogP contribution in [-0.2, 0) is 0 Å². The quantitative estimate of drug-likeness (QED) is 0.560. The van der Waals surface area contributed by atoms with Crippen LogP contribution in [0, 0.1) is 0 Å². The van der Waals surface area contributed by atoms with Gasteiger partial charge in [0.05, 0.1) is 11.1 Å². The standard InChI is InChI=1S/C7H13ClN2O/c1-6(2)7(3,4)10(8)5(11)9-6/h1-4H3,(H,9,11).